The van der Waals surface area contributed by atoms with E-state index in [-0.39, 0.29) is 12.4 Å². The van der Waals surface area contributed by atoms with Crippen LogP contribution >= 0.6 is 0 Å². The maximum atomic E-state index is 12.9. The van der Waals surface area contributed by atoms with Gasteiger partial charge in [-0.05, 0) is 12.1 Å². The molecular weight excluding hydrogens is 178 g/mol. The summed E-state index contributed by atoms with van der Waals surface area (Å²) in [4.78, 5) is 0. The highest BCUT2D eigenvalue weighted by atomic mass is 19.1. The first kappa shape index (κ1) is 9.92. The first-order valence-corrected chi connectivity index (χ1v) is 3.81. The minimum absolute atomic E-state index is 0.0861. The quantitative estimate of drug-likeness (QED) is 0.673. The monoisotopic (exact) mass is 188 g/mol. The van der Waals surface area contributed by atoms with Crippen LogP contribution in [0, 0.1) is 11.6 Å². The zero-order chi connectivity index (χ0) is 9.68. The van der Waals surface area contributed by atoms with E-state index in [1.807, 2.05) is 0 Å². The number of methoxy groups -OCH3 is 1. The predicted octanol–water partition coefficient (Wildman–Crippen LogP) is 1.99. The fraction of sp³-hybridized carbons (Fsp3) is 0.333. The van der Waals surface area contributed by atoms with E-state index in [1.54, 1.807) is 0 Å². The third kappa shape index (κ3) is 2.99. The van der Waals surface area contributed by atoms with E-state index < -0.39 is 11.6 Å². The summed E-state index contributed by atoms with van der Waals surface area (Å²) in [6.07, 6.45) is 0. The first-order valence-electron chi connectivity index (χ1n) is 3.81. The van der Waals surface area contributed by atoms with Crippen LogP contribution in [0.2, 0.25) is 0 Å². The Bertz CT molecular complexity index is 276. The first-order chi connectivity index (χ1) is 6.24. The maximum absolute atomic E-state index is 12.9. The van der Waals surface area contributed by atoms with Gasteiger partial charge in [0.05, 0.1) is 6.61 Å². The standard InChI is InChI=1S/C9H10F2O2/c1-12-4-5-13-9-6-7(10)2-3-8(9)11/h2-3,6H,4-5H2,1H3. The average molecular weight is 188 g/mol. The molecule has 0 bridgehead atoms. The van der Waals surface area contributed by atoms with Gasteiger partial charge in [-0.15, -0.1) is 0 Å². The highest BCUT2D eigenvalue weighted by Crippen LogP contribution is 2.17. The Morgan fingerprint density at radius 3 is 2.69 bits per heavy atom. The van der Waals surface area contributed by atoms with Gasteiger partial charge in [0.2, 0.25) is 0 Å². The molecule has 0 unspecified atom stereocenters. The number of benzene rings is 1. The molecule has 1 aromatic rings. The lowest BCUT2D eigenvalue weighted by Gasteiger charge is -2.05. The molecule has 13 heavy (non-hydrogen) atoms. The molecule has 4 heteroatoms. The minimum Gasteiger partial charge on any atom is -0.488 e. The van der Waals surface area contributed by atoms with Crippen molar-refractivity contribution in [3.05, 3.63) is 29.8 Å². The number of ether oxygens (including phenoxy) is 2. The molecule has 0 radical (unpaired) electrons. The van der Waals surface area contributed by atoms with E-state index >= 15 is 0 Å². The van der Waals surface area contributed by atoms with Crippen LogP contribution in [-0.2, 0) is 4.74 Å². The van der Waals surface area contributed by atoms with Gasteiger partial charge in [0.15, 0.2) is 11.6 Å². The van der Waals surface area contributed by atoms with Crippen molar-refractivity contribution in [2.45, 2.75) is 0 Å². The summed E-state index contributed by atoms with van der Waals surface area (Å²) in [6.45, 7) is 0.548. The Morgan fingerprint density at radius 1 is 1.23 bits per heavy atom. The second-order valence-corrected chi connectivity index (χ2v) is 2.42. The number of rotatable bonds is 4. The van der Waals surface area contributed by atoms with Gasteiger partial charge in [-0.25, -0.2) is 8.78 Å². The predicted molar refractivity (Wildman–Crippen MR) is 43.7 cm³/mol. The summed E-state index contributed by atoms with van der Waals surface area (Å²) in [5.41, 5.74) is 0. The van der Waals surface area contributed by atoms with E-state index in [1.165, 1.54) is 7.11 Å². The van der Waals surface area contributed by atoms with Gasteiger partial charge >= 0.3 is 0 Å². The maximum Gasteiger partial charge on any atom is 0.165 e. The van der Waals surface area contributed by atoms with Gasteiger partial charge in [-0.1, -0.05) is 0 Å². The van der Waals surface area contributed by atoms with Crippen molar-refractivity contribution in [2.75, 3.05) is 20.3 Å². The van der Waals surface area contributed by atoms with E-state index in [4.69, 9.17) is 9.47 Å². The molecule has 0 saturated carbocycles. The molecule has 0 spiro atoms. The highest BCUT2D eigenvalue weighted by molar-refractivity contribution is 5.24. The second kappa shape index (κ2) is 4.77. The lowest BCUT2D eigenvalue weighted by atomic mass is 10.3. The third-order valence-corrected chi connectivity index (χ3v) is 1.44. The van der Waals surface area contributed by atoms with Gasteiger partial charge in [-0.2, -0.15) is 0 Å². The number of hydrogen-bond acceptors (Lipinski definition) is 2. The normalized spacial score (nSPS) is 10.1. The summed E-state index contributed by atoms with van der Waals surface area (Å²) in [7, 11) is 1.51. The summed E-state index contributed by atoms with van der Waals surface area (Å²) in [5.74, 6) is -1.18. The molecule has 0 N–H and O–H groups in total. The van der Waals surface area contributed by atoms with Gasteiger partial charge in [0.25, 0.3) is 0 Å². The Hall–Kier alpha value is -1.16. The van der Waals surface area contributed by atoms with Crippen molar-refractivity contribution in [1.29, 1.82) is 0 Å². The van der Waals surface area contributed by atoms with E-state index in [9.17, 15) is 8.78 Å². The molecule has 0 fully saturated rings. The van der Waals surface area contributed by atoms with Gasteiger partial charge in [-0.3, -0.25) is 0 Å². The number of halogens is 2. The van der Waals surface area contributed by atoms with Crippen LogP contribution < -0.4 is 4.74 Å². The molecule has 72 valence electrons. The summed E-state index contributed by atoms with van der Waals surface area (Å²) < 4.78 is 35.1. The molecule has 0 aliphatic rings. The van der Waals surface area contributed by atoms with Crippen LogP contribution in [0.1, 0.15) is 0 Å². The van der Waals surface area contributed by atoms with E-state index in [2.05, 4.69) is 0 Å². The van der Waals surface area contributed by atoms with Crippen molar-refractivity contribution in [3.8, 4) is 5.75 Å². The third-order valence-electron chi connectivity index (χ3n) is 1.44. The van der Waals surface area contributed by atoms with Gasteiger partial charge in [0, 0.05) is 13.2 Å². The van der Waals surface area contributed by atoms with Crippen LogP contribution in [0.4, 0.5) is 8.78 Å². The fourth-order valence-corrected chi connectivity index (χ4v) is 0.823. The Balaban J connectivity index is 2.59. The topological polar surface area (TPSA) is 18.5 Å². The van der Waals surface area contributed by atoms with Crippen LogP contribution in [0.3, 0.4) is 0 Å². The SMILES string of the molecule is COCCOc1cc(F)ccc1F. The second-order valence-electron chi connectivity index (χ2n) is 2.42. The number of hydrogen-bond donors (Lipinski definition) is 0. The van der Waals surface area contributed by atoms with E-state index in [0.717, 1.165) is 18.2 Å². The Labute approximate surface area is 75.1 Å². The fourth-order valence-electron chi connectivity index (χ4n) is 0.823. The van der Waals surface area contributed by atoms with Gasteiger partial charge in [0.1, 0.15) is 12.4 Å². The zero-order valence-corrected chi connectivity index (χ0v) is 7.22. The van der Waals surface area contributed by atoms with E-state index in [0.29, 0.717) is 6.61 Å². The lowest BCUT2D eigenvalue weighted by molar-refractivity contribution is 0.143. The highest BCUT2D eigenvalue weighted by Gasteiger charge is 2.03. The van der Waals surface area contributed by atoms with Crippen molar-refractivity contribution >= 4 is 0 Å². The minimum atomic E-state index is -0.572. The van der Waals surface area contributed by atoms with Crippen LogP contribution in [-0.4, -0.2) is 20.3 Å². The molecule has 0 aliphatic heterocycles. The summed E-state index contributed by atoms with van der Waals surface area (Å²) >= 11 is 0. The molecule has 0 heterocycles. The Kier molecular flexibility index (Phi) is 3.64. The lowest BCUT2D eigenvalue weighted by Crippen LogP contribution is -2.05. The molecule has 1 rings (SSSR count). The van der Waals surface area contributed by atoms with Crippen LogP contribution in [0.5, 0.6) is 5.75 Å². The van der Waals surface area contributed by atoms with Crippen molar-refractivity contribution < 1.29 is 18.3 Å². The molecule has 0 saturated heterocycles. The largest absolute Gasteiger partial charge is 0.488 e. The van der Waals surface area contributed by atoms with Crippen molar-refractivity contribution in [2.24, 2.45) is 0 Å². The van der Waals surface area contributed by atoms with Gasteiger partial charge < -0.3 is 9.47 Å². The Morgan fingerprint density at radius 2 is 2.00 bits per heavy atom. The van der Waals surface area contributed by atoms with Crippen molar-refractivity contribution in [1.82, 2.24) is 0 Å². The average Bonchev–Trinajstić information content (AvgIpc) is 2.11. The smallest absolute Gasteiger partial charge is 0.165 e. The molecule has 0 atom stereocenters. The molecule has 0 aromatic heterocycles. The molecule has 0 aliphatic carbocycles. The molecule has 0 amide bonds. The molecular formula is C9H10F2O2. The van der Waals surface area contributed by atoms with Crippen LogP contribution in [0.15, 0.2) is 18.2 Å². The zero-order valence-electron chi connectivity index (χ0n) is 7.22. The van der Waals surface area contributed by atoms with Crippen molar-refractivity contribution in [3.63, 3.8) is 0 Å². The molecule has 2 nitrogen and oxygen atoms in total. The summed E-state index contributed by atoms with van der Waals surface area (Å²) in [6, 6.07) is 3.07. The van der Waals surface area contributed by atoms with Crippen LogP contribution in [0.25, 0.3) is 0 Å². The molecule has 1 aromatic carbocycles. The summed E-state index contributed by atoms with van der Waals surface area (Å²) in [5, 5.41) is 0.